The Morgan fingerprint density at radius 2 is 1.70 bits per heavy atom. The van der Waals surface area contributed by atoms with Gasteiger partial charge in [-0.15, -0.1) is 0 Å². The number of nitrogens with one attached hydrogen (secondary N) is 1. The first kappa shape index (κ1) is 15.5. The zero-order valence-corrected chi connectivity index (χ0v) is 13.1. The van der Waals surface area contributed by atoms with Gasteiger partial charge in [-0.05, 0) is 23.3 Å². The minimum absolute atomic E-state index is 0.254. The molecule has 0 bridgehead atoms. The predicted molar refractivity (Wildman–Crippen MR) is 84.9 cm³/mol. The average Bonchev–Trinajstić information content (AvgIpc) is 3.07. The fraction of sp³-hybridized carbons (Fsp3) is 0.278. The van der Waals surface area contributed by atoms with Crippen LogP contribution in [0.25, 0.3) is 0 Å². The number of carbonyl (C=O) groups excluding carboxylic acids is 1. The molecule has 0 radical (unpaired) electrons. The van der Waals surface area contributed by atoms with Gasteiger partial charge in [0.25, 0.3) is 0 Å². The highest BCUT2D eigenvalue weighted by Crippen LogP contribution is 2.34. The fourth-order valence-electron chi connectivity index (χ4n) is 2.71. The standard InChI is InChI=1S/C18H19NO4/c1-21-14-10-8-13(9-11-14)17-19-15(12-6-4-3-5-7-12)16(23-17)18(20)22-2/h3-11,15-17,19H,1-2H3. The first-order valence-corrected chi connectivity index (χ1v) is 7.41. The van der Waals surface area contributed by atoms with E-state index >= 15 is 0 Å². The minimum atomic E-state index is -0.686. The Balaban J connectivity index is 1.86. The van der Waals surface area contributed by atoms with Crippen molar-refractivity contribution in [3.63, 3.8) is 0 Å². The van der Waals surface area contributed by atoms with Crippen LogP contribution in [-0.2, 0) is 14.3 Å². The summed E-state index contributed by atoms with van der Waals surface area (Å²) in [6.07, 6.45) is -1.07. The maximum absolute atomic E-state index is 12.1. The van der Waals surface area contributed by atoms with Crippen molar-refractivity contribution < 1.29 is 19.0 Å². The van der Waals surface area contributed by atoms with E-state index < -0.39 is 6.10 Å². The van der Waals surface area contributed by atoms with Crippen molar-refractivity contribution in [2.24, 2.45) is 0 Å². The van der Waals surface area contributed by atoms with Crippen LogP contribution in [0.15, 0.2) is 54.6 Å². The first-order valence-electron chi connectivity index (χ1n) is 7.41. The second kappa shape index (κ2) is 6.81. The van der Waals surface area contributed by atoms with Crippen molar-refractivity contribution in [2.75, 3.05) is 14.2 Å². The van der Waals surface area contributed by atoms with Crippen LogP contribution >= 0.6 is 0 Å². The van der Waals surface area contributed by atoms with Crippen LogP contribution in [0.2, 0.25) is 0 Å². The normalized spacial score (nSPS) is 23.5. The molecule has 3 unspecified atom stereocenters. The maximum Gasteiger partial charge on any atom is 0.337 e. The number of rotatable bonds is 4. The average molecular weight is 313 g/mol. The van der Waals surface area contributed by atoms with E-state index in [0.717, 1.165) is 16.9 Å². The molecule has 1 saturated heterocycles. The summed E-state index contributed by atoms with van der Waals surface area (Å²) in [6.45, 7) is 0. The molecule has 0 aliphatic carbocycles. The van der Waals surface area contributed by atoms with Gasteiger partial charge in [0.2, 0.25) is 0 Å². The van der Waals surface area contributed by atoms with E-state index in [9.17, 15) is 4.79 Å². The number of hydrogen-bond acceptors (Lipinski definition) is 5. The van der Waals surface area contributed by atoms with E-state index in [1.54, 1.807) is 7.11 Å². The third kappa shape index (κ3) is 3.21. The largest absolute Gasteiger partial charge is 0.497 e. The molecule has 0 spiro atoms. The van der Waals surface area contributed by atoms with E-state index in [4.69, 9.17) is 14.2 Å². The van der Waals surface area contributed by atoms with E-state index in [0.29, 0.717) is 0 Å². The van der Waals surface area contributed by atoms with Gasteiger partial charge in [0.15, 0.2) is 6.10 Å². The Morgan fingerprint density at radius 3 is 2.30 bits per heavy atom. The Hall–Kier alpha value is -2.37. The molecule has 120 valence electrons. The summed E-state index contributed by atoms with van der Waals surface area (Å²) in [5.74, 6) is 0.387. The summed E-state index contributed by atoms with van der Waals surface area (Å²) in [7, 11) is 2.99. The molecule has 5 heteroatoms. The van der Waals surface area contributed by atoms with Crippen molar-refractivity contribution in [2.45, 2.75) is 18.4 Å². The molecule has 5 nitrogen and oxygen atoms in total. The molecule has 0 saturated carbocycles. The summed E-state index contributed by atoms with van der Waals surface area (Å²) in [6, 6.07) is 17.0. The van der Waals surface area contributed by atoms with Crippen LogP contribution in [0, 0.1) is 0 Å². The van der Waals surface area contributed by atoms with Crippen molar-refractivity contribution in [3.8, 4) is 5.75 Å². The maximum atomic E-state index is 12.1. The van der Waals surface area contributed by atoms with Crippen molar-refractivity contribution >= 4 is 5.97 Å². The van der Waals surface area contributed by atoms with Gasteiger partial charge in [0.1, 0.15) is 12.0 Å². The zero-order valence-electron chi connectivity index (χ0n) is 13.1. The van der Waals surface area contributed by atoms with Gasteiger partial charge >= 0.3 is 5.97 Å². The third-order valence-electron chi connectivity index (χ3n) is 3.93. The van der Waals surface area contributed by atoms with Crippen molar-refractivity contribution in [3.05, 3.63) is 65.7 Å². The molecule has 1 aliphatic heterocycles. The lowest BCUT2D eigenvalue weighted by atomic mass is 10.0. The lowest BCUT2D eigenvalue weighted by Gasteiger charge is -2.15. The van der Waals surface area contributed by atoms with Crippen LogP contribution in [-0.4, -0.2) is 26.3 Å². The molecule has 1 heterocycles. The number of ether oxygens (including phenoxy) is 3. The molecule has 23 heavy (non-hydrogen) atoms. The number of hydrogen-bond donors (Lipinski definition) is 1. The molecular formula is C18H19NO4. The van der Waals surface area contributed by atoms with E-state index in [2.05, 4.69) is 5.32 Å². The molecular weight excluding hydrogens is 294 g/mol. The van der Waals surface area contributed by atoms with E-state index in [1.165, 1.54) is 7.11 Å². The quantitative estimate of drug-likeness (QED) is 0.879. The van der Waals surface area contributed by atoms with Crippen LogP contribution in [0.5, 0.6) is 5.75 Å². The highest BCUT2D eigenvalue weighted by atomic mass is 16.6. The van der Waals surface area contributed by atoms with Gasteiger partial charge in [-0.1, -0.05) is 42.5 Å². The summed E-state index contributed by atoms with van der Waals surface area (Å²) in [5.41, 5.74) is 1.91. The number of methoxy groups -OCH3 is 2. The molecule has 1 N–H and O–H groups in total. The van der Waals surface area contributed by atoms with Crippen molar-refractivity contribution in [1.82, 2.24) is 5.32 Å². The summed E-state index contributed by atoms with van der Waals surface area (Å²) in [5, 5.41) is 3.36. The highest BCUT2D eigenvalue weighted by Gasteiger charge is 2.41. The van der Waals surface area contributed by atoms with Gasteiger partial charge in [0, 0.05) is 0 Å². The predicted octanol–water partition coefficient (Wildman–Crippen LogP) is 2.60. The van der Waals surface area contributed by atoms with Crippen LogP contribution < -0.4 is 10.1 Å². The van der Waals surface area contributed by atoms with Gasteiger partial charge < -0.3 is 14.2 Å². The summed E-state index contributed by atoms with van der Waals surface area (Å²) in [4.78, 5) is 12.1. The molecule has 0 aromatic heterocycles. The van der Waals surface area contributed by atoms with Crippen LogP contribution in [0.1, 0.15) is 23.4 Å². The fourth-order valence-corrected chi connectivity index (χ4v) is 2.71. The molecule has 3 atom stereocenters. The lowest BCUT2D eigenvalue weighted by molar-refractivity contribution is -0.154. The Morgan fingerprint density at radius 1 is 1.00 bits per heavy atom. The summed E-state index contributed by atoms with van der Waals surface area (Å²) < 4.78 is 16.0. The molecule has 0 amide bonds. The van der Waals surface area contributed by atoms with Crippen LogP contribution in [0.4, 0.5) is 0 Å². The second-order valence-electron chi connectivity index (χ2n) is 5.29. The molecule has 1 fully saturated rings. The minimum Gasteiger partial charge on any atom is -0.497 e. The first-order chi connectivity index (χ1) is 11.2. The summed E-state index contributed by atoms with van der Waals surface area (Å²) >= 11 is 0. The molecule has 1 aliphatic rings. The Kier molecular flexibility index (Phi) is 4.60. The SMILES string of the molecule is COC(=O)C1OC(c2ccc(OC)cc2)NC1c1ccccc1. The smallest absolute Gasteiger partial charge is 0.337 e. The number of carbonyl (C=O) groups is 1. The molecule has 3 rings (SSSR count). The van der Waals surface area contributed by atoms with Crippen LogP contribution in [0.3, 0.4) is 0 Å². The Bertz CT molecular complexity index is 656. The van der Waals surface area contributed by atoms with Gasteiger partial charge in [0.05, 0.1) is 20.3 Å². The second-order valence-corrected chi connectivity index (χ2v) is 5.29. The lowest BCUT2D eigenvalue weighted by Crippen LogP contribution is -2.30. The molecule has 2 aromatic carbocycles. The van der Waals surface area contributed by atoms with Gasteiger partial charge in [-0.3, -0.25) is 5.32 Å². The monoisotopic (exact) mass is 313 g/mol. The van der Waals surface area contributed by atoms with Gasteiger partial charge in [-0.25, -0.2) is 4.79 Å². The van der Waals surface area contributed by atoms with E-state index in [1.807, 2.05) is 54.6 Å². The third-order valence-corrected chi connectivity index (χ3v) is 3.93. The zero-order chi connectivity index (χ0) is 16.2. The highest BCUT2D eigenvalue weighted by molar-refractivity contribution is 5.76. The topological polar surface area (TPSA) is 56.8 Å². The van der Waals surface area contributed by atoms with E-state index in [-0.39, 0.29) is 18.2 Å². The van der Waals surface area contributed by atoms with Gasteiger partial charge in [-0.2, -0.15) is 0 Å². The van der Waals surface area contributed by atoms with Crippen molar-refractivity contribution in [1.29, 1.82) is 0 Å². The number of benzene rings is 2. The number of esters is 1. The molecule has 2 aromatic rings. The Labute approximate surface area is 135 Å².